The summed E-state index contributed by atoms with van der Waals surface area (Å²) in [6.45, 7) is 1.39. The molecule has 14 heteroatoms. The number of ether oxygens (including phenoxy) is 2. The summed E-state index contributed by atoms with van der Waals surface area (Å²) < 4.78 is 62.4. The first-order chi connectivity index (χ1) is 18.0. The van der Waals surface area contributed by atoms with Gasteiger partial charge < -0.3 is 24.9 Å². The van der Waals surface area contributed by atoms with Gasteiger partial charge in [-0.05, 0) is 43.5 Å². The van der Waals surface area contributed by atoms with Gasteiger partial charge in [-0.3, -0.25) is 4.98 Å². The maximum atomic E-state index is 13.2. The van der Waals surface area contributed by atoms with Gasteiger partial charge in [0.1, 0.15) is 23.4 Å². The maximum Gasteiger partial charge on any atom is 0.244 e. The second kappa shape index (κ2) is 10.5. The Hall–Kier alpha value is -2.59. The zero-order valence-electron chi connectivity index (χ0n) is 20.6. The minimum atomic E-state index is -3.84. The van der Waals surface area contributed by atoms with Crippen LogP contribution in [0.1, 0.15) is 19.3 Å². The third-order valence-corrected chi connectivity index (χ3v) is 9.85. The quantitative estimate of drug-likeness (QED) is 0.288. The third-order valence-electron chi connectivity index (χ3n) is 7.07. The molecule has 1 spiro atoms. The topological polar surface area (TPSA) is 177 Å². The number of nitrogens with zero attached hydrogens (tertiary/aromatic N) is 2. The SMILES string of the molecule is NS(=O)(=O)c1cccc(OCC(O)CN[C@@H]2COC3(CCN(S(=O)(=O)c4cnc5cc[nH]c5c4)CC3)C2)c1. The van der Waals surface area contributed by atoms with E-state index in [0.29, 0.717) is 55.7 Å². The van der Waals surface area contributed by atoms with Crippen LogP contribution in [0.25, 0.3) is 11.0 Å². The second-order valence-corrected chi connectivity index (χ2v) is 13.3. The van der Waals surface area contributed by atoms with Crippen molar-refractivity contribution in [3.8, 4) is 5.75 Å². The molecule has 2 atom stereocenters. The number of aliphatic hydroxyl groups is 1. The monoisotopic (exact) mass is 565 g/mol. The number of fused-ring (bicyclic) bond motifs is 1. The molecule has 5 rings (SSSR count). The van der Waals surface area contributed by atoms with Gasteiger partial charge in [0.2, 0.25) is 20.0 Å². The standard InChI is InChI=1S/C24H31N5O7S2/c25-37(31,32)20-3-1-2-19(10-20)35-16-18(30)13-27-17-12-24(36-15-17)5-8-29(9-6-24)38(33,34)21-11-23-22(28-14-21)4-7-26-23/h1-4,7,10-11,14,17-18,26-27,30H,5-6,8-9,12-13,15-16H2,(H2,25,31,32)/t17-,18?/m0/s1. The molecule has 3 aromatic rings. The third kappa shape index (κ3) is 5.86. The number of pyridine rings is 1. The largest absolute Gasteiger partial charge is 0.491 e. The highest BCUT2D eigenvalue weighted by atomic mass is 32.2. The van der Waals surface area contributed by atoms with Crippen LogP contribution in [0.5, 0.6) is 5.75 Å². The molecule has 2 aromatic heterocycles. The van der Waals surface area contributed by atoms with Gasteiger partial charge in [-0.15, -0.1) is 0 Å². The van der Waals surface area contributed by atoms with E-state index in [-0.39, 0.29) is 29.0 Å². The van der Waals surface area contributed by atoms with E-state index in [2.05, 4.69) is 15.3 Å². The van der Waals surface area contributed by atoms with Crippen LogP contribution < -0.4 is 15.2 Å². The van der Waals surface area contributed by atoms with Gasteiger partial charge in [0.15, 0.2) is 0 Å². The van der Waals surface area contributed by atoms with Crippen molar-refractivity contribution in [2.75, 3.05) is 32.8 Å². The molecule has 2 aliphatic rings. The number of aliphatic hydroxyl groups excluding tert-OH is 1. The average Bonchev–Trinajstić information content (AvgIpc) is 3.53. The Labute approximate surface area is 221 Å². The minimum Gasteiger partial charge on any atom is -0.491 e. The van der Waals surface area contributed by atoms with Crippen LogP contribution >= 0.6 is 0 Å². The van der Waals surface area contributed by atoms with E-state index in [1.165, 1.54) is 28.7 Å². The molecular weight excluding hydrogens is 534 g/mol. The van der Waals surface area contributed by atoms with Gasteiger partial charge in [-0.2, -0.15) is 4.31 Å². The molecule has 0 aliphatic carbocycles. The number of primary sulfonamides is 1. The summed E-state index contributed by atoms with van der Waals surface area (Å²) >= 11 is 0. The van der Waals surface area contributed by atoms with Crippen LogP contribution in [-0.4, -0.2) is 86.8 Å². The van der Waals surface area contributed by atoms with Crippen molar-refractivity contribution in [2.45, 2.75) is 46.8 Å². The van der Waals surface area contributed by atoms with E-state index < -0.39 is 31.8 Å². The van der Waals surface area contributed by atoms with Gasteiger partial charge in [0.25, 0.3) is 0 Å². The number of nitrogens with two attached hydrogens (primary N) is 1. The average molecular weight is 566 g/mol. The molecule has 2 fully saturated rings. The van der Waals surface area contributed by atoms with Crippen molar-refractivity contribution in [2.24, 2.45) is 5.14 Å². The Bertz CT molecular complexity index is 1500. The highest BCUT2D eigenvalue weighted by Gasteiger charge is 2.44. The number of rotatable bonds is 9. The lowest BCUT2D eigenvalue weighted by molar-refractivity contribution is -0.0312. The molecular formula is C24H31N5O7S2. The van der Waals surface area contributed by atoms with Gasteiger partial charge in [0.05, 0.1) is 28.1 Å². The molecule has 2 saturated heterocycles. The van der Waals surface area contributed by atoms with E-state index in [1.54, 1.807) is 24.4 Å². The Morgan fingerprint density at radius 3 is 2.76 bits per heavy atom. The number of hydrogen-bond donors (Lipinski definition) is 4. The molecule has 0 radical (unpaired) electrons. The van der Waals surface area contributed by atoms with Crippen LogP contribution in [-0.2, 0) is 24.8 Å². The Kier molecular flexibility index (Phi) is 7.48. The summed E-state index contributed by atoms with van der Waals surface area (Å²) in [5.41, 5.74) is 0.991. The minimum absolute atomic E-state index is 0.0120. The van der Waals surface area contributed by atoms with Crippen LogP contribution in [0.2, 0.25) is 0 Å². The van der Waals surface area contributed by atoms with E-state index >= 15 is 0 Å². The van der Waals surface area contributed by atoms with Crippen LogP contribution in [0.3, 0.4) is 0 Å². The number of H-pyrrole nitrogens is 1. The first-order valence-electron chi connectivity index (χ1n) is 12.3. The fourth-order valence-corrected chi connectivity index (χ4v) is 6.92. The molecule has 2 aliphatic heterocycles. The highest BCUT2D eigenvalue weighted by molar-refractivity contribution is 7.89. The number of hydrogen-bond acceptors (Lipinski definition) is 9. The number of piperidine rings is 1. The number of aromatic nitrogens is 2. The Morgan fingerprint density at radius 1 is 1.21 bits per heavy atom. The van der Waals surface area contributed by atoms with Crippen molar-refractivity contribution in [1.29, 1.82) is 0 Å². The van der Waals surface area contributed by atoms with Crippen molar-refractivity contribution < 1.29 is 31.4 Å². The zero-order valence-corrected chi connectivity index (χ0v) is 22.2. The van der Waals surface area contributed by atoms with E-state index in [9.17, 15) is 21.9 Å². The van der Waals surface area contributed by atoms with Crippen molar-refractivity contribution in [3.63, 3.8) is 0 Å². The molecule has 12 nitrogen and oxygen atoms in total. The lowest BCUT2D eigenvalue weighted by atomic mass is 9.88. The lowest BCUT2D eigenvalue weighted by Crippen LogP contribution is -2.47. The van der Waals surface area contributed by atoms with Crippen LogP contribution in [0.4, 0.5) is 0 Å². The molecule has 0 amide bonds. The fourth-order valence-electron chi connectivity index (χ4n) is 4.96. The smallest absolute Gasteiger partial charge is 0.244 e. The maximum absolute atomic E-state index is 13.2. The van der Waals surface area contributed by atoms with Crippen molar-refractivity contribution in [1.82, 2.24) is 19.6 Å². The predicted octanol–water partition coefficient (Wildman–Crippen LogP) is 0.552. The summed E-state index contributed by atoms with van der Waals surface area (Å²) in [7, 11) is -7.50. The summed E-state index contributed by atoms with van der Waals surface area (Å²) in [5.74, 6) is 0.295. The molecule has 1 unspecified atom stereocenters. The summed E-state index contributed by atoms with van der Waals surface area (Å²) in [6.07, 6.45) is 4.16. The van der Waals surface area contributed by atoms with E-state index in [4.69, 9.17) is 14.6 Å². The molecule has 1 aromatic carbocycles. The first kappa shape index (κ1) is 27.0. The summed E-state index contributed by atoms with van der Waals surface area (Å²) in [6, 6.07) is 9.20. The van der Waals surface area contributed by atoms with Gasteiger partial charge in [0, 0.05) is 44.1 Å². The van der Waals surface area contributed by atoms with E-state index in [1.807, 2.05) is 0 Å². The van der Waals surface area contributed by atoms with Gasteiger partial charge in [-0.25, -0.2) is 22.0 Å². The molecule has 0 bridgehead atoms. The summed E-state index contributed by atoms with van der Waals surface area (Å²) in [4.78, 5) is 7.34. The fraction of sp³-hybridized carbons (Fsp3) is 0.458. The van der Waals surface area contributed by atoms with Gasteiger partial charge in [-0.1, -0.05) is 6.07 Å². The number of nitrogens with one attached hydrogen (secondary N) is 2. The number of aromatic amines is 1. The van der Waals surface area contributed by atoms with Crippen LogP contribution in [0, 0.1) is 0 Å². The first-order valence-corrected chi connectivity index (χ1v) is 15.3. The highest BCUT2D eigenvalue weighted by Crippen LogP contribution is 2.37. The summed E-state index contributed by atoms with van der Waals surface area (Å²) in [5, 5.41) is 18.8. The zero-order chi connectivity index (χ0) is 27.0. The molecule has 38 heavy (non-hydrogen) atoms. The predicted molar refractivity (Wildman–Crippen MR) is 138 cm³/mol. The van der Waals surface area contributed by atoms with E-state index in [0.717, 1.165) is 0 Å². The van der Waals surface area contributed by atoms with Crippen LogP contribution in [0.15, 0.2) is 58.6 Å². The van der Waals surface area contributed by atoms with Crippen molar-refractivity contribution >= 4 is 31.1 Å². The lowest BCUT2D eigenvalue weighted by Gasteiger charge is -2.38. The van der Waals surface area contributed by atoms with Gasteiger partial charge >= 0.3 is 0 Å². The molecule has 0 saturated carbocycles. The van der Waals surface area contributed by atoms with Crippen molar-refractivity contribution in [3.05, 3.63) is 48.8 Å². The number of sulfonamides is 2. The Balaban J connectivity index is 1.09. The molecule has 4 heterocycles. The molecule has 206 valence electrons. The molecule has 5 N–H and O–H groups in total. The number of benzene rings is 1. The Morgan fingerprint density at radius 2 is 2.00 bits per heavy atom. The second-order valence-electron chi connectivity index (χ2n) is 9.77. The normalized spacial score (nSPS) is 21.2.